The molecule has 1 aromatic rings. The summed E-state index contributed by atoms with van der Waals surface area (Å²) in [6.45, 7) is 0. The lowest BCUT2D eigenvalue weighted by atomic mass is 9.92. The molecule has 0 spiro atoms. The maximum Gasteiger partial charge on any atom is 0.0736 e. The molecule has 0 aromatic carbocycles. The normalized spacial score (nSPS) is 30.0. The third-order valence-corrected chi connectivity index (χ3v) is 3.22. The second kappa shape index (κ2) is 2.59. The maximum atomic E-state index is 9.42. The van der Waals surface area contributed by atoms with Gasteiger partial charge in [-0.05, 0) is 29.9 Å². The third kappa shape index (κ3) is 1.09. The van der Waals surface area contributed by atoms with E-state index >= 15 is 0 Å². The molecule has 3 N–H and O–H groups in total. The number of aliphatic hydroxyl groups excluding tert-OH is 1. The molecule has 0 bridgehead atoms. The fourth-order valence-electron chi connectivity index (χ4n) is 1.52. The zero-order valence-electron chi connectivity index (χ0n) is 6.16. The van der Waals surface area contributed by atoms with Crippen LogP contribution in [0.25, 0.3) is 0 Å². The van der Waals surface area contributed by atoms with Gasteiger partial charge in [-0.3, -0.25) is 0 Å². The minimum Gasteiger partial charge on any atom is -0.391 e. The lowest BCUT2D eigenvalue weighted by molar-refractivity contribution is 0.129. The van der Waals surface area contributed by atoms with E-state index < -0.39 is 0 Å². The monoisotopic (exact) mass is 169 g/mol. The van der Waals surface area contributed by atoms with Gasteiger partial charge < -0.3 is 10.8 Å². The summed E-state index contributed by atoms with van der Waals surface area (Å²) in [6.07, 6.45) is 1.47. The molecule has 2 atom stereocenters. The lowest BCUT2D eigenvalue weighted by Gasteiger charge is -2.24. The van der Waals surface area contributed by atoms with Gasteiger partial charge in [-0.15, -0.1) is 11.3 Å². The lowest BCUT2D eigenvalue weighted by Crippen LogP contribution is -2.30. The van der Waals surface area contributed by atoms with Crippen molar-refractivity contribution in [3.63, 3.8) is 0 Å². The Morgan fingerprint density at radius 1 is 1.64 bits per heavy atom. The Kier molecular flexibility index (Phi) is 1.71. The van der Waals surface area contributed by atoms with E-state index in [9.17, 15) is 5.11 Å². The standard InChI is InChI=1S/C8H11NOS/c9-8-5-3-4-11-7(5)2-1-6(8)10/h3-4,6,8,10H,1-2,9H2/t6-,8?/m1/s1. The van der Waals surface area contributed by atoms with Gasteiger partial charge in [-0.2, -0.15) is 0 Å². The fourth-order valence-corrected chi connectivity index (χ4v) is 2.47. The second-order valence-corrected chi connectivity index (χ2v) is 3.93. The number of hydrogen-bond donors (Lipinski definition) is 2. The van der Waals surface area contributed by atoms with E-state index in [-0.39, 0.29) is 12.1 Å². The highest BCUT2D eigenvalue weighted by atomic mass is 32.1. The highest BCUT2D eigenvalue weighted by Crippen LogP contribution is 2.31. The van der Waals surface area contributed by atoms with Gasteiger partial charge in [0.1, 0.15) is 0 Å². The van der Waals surface area contributed by atoms with Crippen molar-refractivity contribution in [2.75, 3.05) is 0 Å². The SMILES string of the molecule is NC1c2ccsc2CC[C@H]1O. The molecule has 1 unspecified atom stereocenters. The minimum absolute atomic E-state index is 0.148. The van der Waals surface area contributed by atoms with E-state index in [2.05, 4.69) is 0 Å². The van der Waals surface area contributed by atoms with Crippen molar-refractivity contribution in [3.8, 4) is 0 Å². The summed E-state index contributed by atoms with van der Waals surface area (Å²) in [4.78, 5) is 1.35. The Morgan fingerprint density at radius 2 is 2.45 bits per heavy atom. The van der Waals surface area contributed by atoms with Crippen LogP contribution in [0.5, 0.6) is 0 Å². The van der Waals surface area contributed by atoms with Crippen LogP contribution in [0, 0.1) is 0 Å². The molecule has 1 aliphatic rings. The number of aryl methyl sites for hydroxylation is 1. The van der Waals surface area contributed by atoms with E-state index in [1.165, 1.54) is 4.88 Å². The van der Waals surface area contributed by atoms with Crippen molar-refractivity contribution in [3.05, 3.63) is 21.9 Å². The van der Waals surface area contributed by atoms with Gasteiger partial charge in [0.05, 0.1) is 12.1 Å². The predicted octanol–water partition coefficient (Wildman–Crippen LogP) is 1.06. The first-order valence-corrected chi connectivity index (χ1v) is 4.67. The van der Waals surface area contributed by atoms with Crippen LogP contribution >= 0.6 is 11.3 Å². The molecule has 2 rings (SSSR count). The zero-order valence-corrected chi connectivity index (χ0v) is 6.97. The third-order valence-electron chi connectivity index (χ3n) is 2.22. The summed E-state index contributed by atoms with van der Waals surface area (Å²) in [5, 5.41) is 11.5. The highest BCUT2D eigenvalue weighted by molar-refractivity contribution is 7.10. The van der Waals surface area contributed by atoms with Crippen LogP contribution in [0.3, 0.4) is 0 Å². The fraction of sp³-hybridized carbons (Fsp3) is 0.500. The van der Waals surface area contributed by atoms with Crippen LogP contribution in [0.15, 0.2) is 11.4 Å². The number of rotatable bonds is 0. The molecule has 60 valence electrons. The zero-order chi connectivity index (χ0) is 7.84. The molecule has 0 amide bonds. The van der Waals surface area contributed by atoms with Crippen molar-refractivity contribution >= 4 is 11.3 Å². The molecule has 1 aliphatic carbocycles. The summed E-state index contributed by atoms with van der Waals surface area (Å²) in [5.74, 6) is 0. The summed E-state index contributed by atoms with van der Waals surface area (Å²) in [7, 11) is 0. The van der Waals surface area contributed by atoms with Crippen LogP contribution < -0.4 is 5.73 Å². The average molecular weight is 169 g/mol. The smallest absolute Gasteiger partial charge is 0.0736 e. The van der Waals surface area contributed by atoms with Crippen LogP contribution in [0.4, 0.5) is 0 Å². The Morgan fingerprint density at radius 3 is 3.27 bits per heavy atom. The van der Waals surface area contributed by atoms with Gasteiger partial charge in [0, 0.05) is 4.88 Å². The first-order chi connectivity index (χ1) is 5.29. The van der Waals surface area contributed by atoms with Gasteiger partial charge in [-0.25, -0.2) is 0 Å². The van der Waals surface area contributed by atoms with E-state index in [0.717, 1.165) is 18.4 Å². The molecule has 1 aromatic heterocycles. The Hall–Kier alpha value is -0.380. The molecule has 1 heterocycles. The van der Waals surface area contributed by atoms with Crippen LogP contribution in [0.2, 0.25) is 0 Å². The molecule has 0 saturated heterocycles. The van der Waals surface area contributed by atoms with E-state index in [4.69, 9.17) is 5.73 Å². The van der Waals surface area contributed by atoms with Gasteiger partial charge in [0.2, 0.25) is 0 Å². The van der Waals surface area contributed by atoms with Gasteiger partial charge in [-0.1, -0.05) is 0 Å². The number of aliphatic hydroxyl groups is 1. The number of nitrogens with two attached hydrogens (primary N) is 1. The molecule has 2 nitrogen and oxygen atoms in total. The summed E-state index contributed by atoms with van der Waals surface area (Å²) >= 11 is 1.74. The van der Waals surface area contributed by atoms with Crippen LogP contribution in [0.1, 0.15) is 22.9 Å². The second-order valence-electron chi connectivity index (χ2n) is 2.93. The Labute approximate surface area is 69.7 Å². The Balaban J connectivity index is 2.38. The van der Waals surface area contributed by atoms with Crippen molar-refractivity contribution in [1.29, 1.82) is 0 Å². The van der Waals surface area contributed by atoms with Crippen LogP contribution in [-0.2, 0) is 6.42 Å². The van der Waals surface area contributed by atoms with Gasteiger partial charge >= 0.3 is 0 Å². The predicted molar refractivity (Wildman–Crippen MR) is 45.6 cm³/mol. The maximum absolute atomic E-state index is 9.42. The van der Waals surface area contributed by atoms with Crippen molar-refractivity contribution in [1.82, 2.24) is 0 Å². The van der Waals surface area contributed by atoms with E-state index in [1.807, 2.05) is 11.4 Å². The average Bonchev–Trinajstić information content (AvgIpc) is 2.45. The minimum atomic E-state index is -0.336. The number of thiophene rings is 1. The quantitative estimate of drug-likeness (QED) is 0.610. The highest BCUT2D eigenvalue weighted by Gasteiger charge is 2.25. The van der Waals surface area contributed by atoms with Gasteiger partial charge in [0.25, 0.3) is 0 Å². The Bertz CT molecular complexity index is 258. The number of hydrogen-bond acceptors (Lipinski definition) is 3. The van der Waals surface area contributed by atoms with Crippen molar-refractivity contribution in [2.24, 2.45) is 5.73 Å². The molecular formula is C8H11NOS. The summed E-state index contributed by atoms with van der Waals surface area (Å²) < 4.78 is 0. The van der Waals surface area contributed by atoms with E-state index in [1.54, 1.807) is 11.3 Å². The molecular weight excluding hydrogens is 158 g/mol. The van der Waals surface area contributed by atoms with Crippen molar-refractivity contribution < 1.29 is 5.11 Å². The van der Waals surface area contributed by atoms with Gasteiger partial charge in [0.15, 0.2) is 0 Å². The molecule has 11 heavy (non-hydrogen) atoms. The summed E-state index contributed by atoms with van der Waals surface area (Å²) in [5.41, 5.74) is 6.94. The van der Waals surface area contributed by atoms with E-state index in [0.29, 0.717) is 0 Å². The molecule has 3 heteroatoms. The largest absolute Gasteiger partial charge is 0.391 e. The molecule has 0 aliphatic heterocycles. The molecule has 0 saturated carbocycles. The summed E-state index contributed by atoms with van der Waals surface area (Å²) in [6, 6.07) is 1.87. The topological polar surface area (TPSA) is 46.2 Å². The molecule has 0 radical (unpaired) electrons. The first kappa shape index (κ1) is 7.28. The number of fused-ring (bicyclic) bond motifs is 1. The van der Waals surface area contributed by atoms with Crippen molar-refractivity contribution in [2.45, 2.75) is 25.0 Å². The first-order valence-electron chi connectivity index (χ1n) is 3.79. The van der Waals surface area contributed by atoms with Crippen LogP contribution in [-0.4, -0.2) is 11.2 Å². The molecule has 0 fully saturated rings.